The molecule has 0 amide bonds. The highest BCUT2D eigenvalue weighted by molar-refractivity contribution is 5.87. The number of carbonyl (C=O) groups is 1. The minimum Gasteiger partial charge on any atom is -0.504 e. The van der Waals surface area contributed by atoms with Crippen molar-refractivity contribution in [2.24, 2.45) is 0 Å². The van der Waals surface area contributed by atoms with Crippen molar-refractivity contribution in [3.8, 4) is 23.0 Å². The predicted octanol–water partition coefficient (Wildman–Crippen LogP) is -2.55. The molecule has 11 N–H and O–H groups in total. The lowest BCUT2D eigenvalue weighted by Crippen LogP contribution is -2.63. The van der Waals surface area contributed by atoms with Crippen LogP contribution in [-0.2, 0) is 44.4 Å². The van der Waals surface area contributed by atoms with E-state index in [4.69, 9.17) is 33.2 Å². The van der Waals surface area contributed by atoms with Gasteiger partial charge in [-0.2, -0.15) is 0 Å². The van der Waals surface area contributed by atoms with Gasteiger partial charge in [0, 0.05) is 6.08 Å². The molecule has 0 aliphatic carbocycles. The van der Waals surface area contributed by atoms with E-state index in [9.17, 15) is 61.0 Å². The summed E-state index contributed by atoms with van der Waals surface area (Å²) in [7, 11) is 0. The Balaban J connectivity index is 1.41. The van der Waals surface area contributed by atoms with Crippen molar-refractivity contribution in [3.05, 3.63) is 53.6 Å². The van der Waals surface area contributed by atoms with Crippen LogP contribution in [0.2, 0.25) is 0 Å². The van der Waals surface area contributed by atoms with E-state index < -0.39 is 117 Å². The van der Waals surface area contributed by atoms with Crippen molar-refractivity contribution in [1.29, 1.82) is 0 Å². The topological polar surface area (TPSA) is 304 Å². The zero-order chi connectivity index (χ0) is 38.6. The van der Waals surface area contributed by atoms with Gasteiger partial charge in [-0.25, -0.2) is 4.79 Å². The molecule has 5 rings (SSSR count). The third kappa shape index (κ3) is 9.35. The summed E-state index contributed by atoms with van der Waals surface area (Å²) in [5.41, 5.74) is -1.33. The number of ether oxygens (including phenoxy) is 7. The minimum atomic E-state index is -2.14. The lowest BCUT2D eigenvalue weighted by molar-refractivity contribution is -0.344. The minimum absolute atomic E-state index is 0.136. The van der Waals surface area contributed by atoms with E-state index >= 15 is 0 Å². The second-order valence-electron chi connectivity index (χ2n) is 13.0. The maximum Gasteiger partial charge on any atom is 0.331 e. The fourth-order valence-electron chi connectivity index (χ4n) is 5.87. The van der Waals surface area contributed by atoms with E-state index in [0.29, 0.717) is 5.56 Å². The number of phenolic OH excluding ortho intramolecular Hbond substituents is 4. The number of aliphatic hydroxyl groups is 7. The van der Waals surface area contributed by atoms with Gasteiger partial charge in [0.05, 0.1) is 32.5 Å². The maximum atomic E-state index is 13.2. The number of phenols is 4. The van der Waals surface area contributed by atoms with E-state index in [1.165, 1.54) is 49.4 Å². The Morgan fingerprint density at radius 2 is 1.51 bits per heavy atom. The molecule has 3 fully saturated rings. The number of esters is 1. The molecule has 0 bridgehead atoms. The van der Waals surface area contributed by atoms with Crippen LogP contribution >= 0.6 is 0 Å². The number of rotatable bonds is 13. The highest BCUT2D eigenvalue weighted by Crippen LogP contribution is 2.34. The molecule has 19 heteroatoms. The lowest BCUT2D eigenvalue weighted by Gasteiger charge is -2.45. The van der Waals surface area contributed by atoms with Crippen LogP contribution in [0.15, 0.2) is 42.5 Å². The molecule has 0 aromatic heterocycles. The molecule has 3 aliphatic rings. The van der Waals surface area contributed by atoms with Gasteiger partial charge in [-0.3, -0.25) is 0 Å². The number of aliphatic hydroxyl groups excluding tert-OH is 6. The molecule has 3 saturated heterocycles. The highest BCUT2D eigenvalue weighted by atomic mass is 16.8. The summed E-state index contributed by atoms with van der Waals surface area (Å²) in [6.07, 6.45) is -16.7. The van der Waals surface area contributed by atoms with Crippen molar-refractivity contribution >= 4 is 12.0 Å². The normalized spacial score (nSPS) is 36.2. The van der Waals surface area contributed by atoms with Crippen LogP contribution in [0.5, 0.6) is 23.0 Å². The Morgan fingerprint density at radius 1 is 0.830 bits per heavy atom. The van der Waals surface area contributed by atoms with Gasteiger partial charge >= 0.3 is 5.97 Å². The van der Waals surface area contributed by atoms with Gasteiger partial charge < -0.3 is 89.3 Å². The largest absolute Gasteiger partial charge is 0.504 e. The van der Waals surface area contributed by atoms with Gasteiger partial charge in [-0.05, 0) is 54.8 Å². The number of hydrogen-bond donors (Lipinski definition) is 11. The van der Waals surface area contributed by atoms with E-state index in [1.54, 1.807) is 0 Å². The molecule has 0 saturated carbocycles. The second kappa shape index (κ2) is 17.2. The van der Waals surface area contributed by atoms with Crippen molar-refractivity contribution in [2.75, 3.05) is 26.4 Å². The van der Waals surface area contributed by atoms with E-state index in [0.717, 1.165) is 6.08 Å². The smallest absolute Gasteiger partial charge is 0.331 e. The van der Waals surface area contributed by atoms with Gasteiger partial charge in [0.2, 0.25) is 0 Å². The molecule has 2 aromatic rings. The molecule has 13 atom stereocenters. The van der Waals surface area contributed by atoms with Crippen LogP contribution in [0.25, 0.3) is 6.08 Å². The Morgan fingerprint density at radius 3 is 2.17 bits per heavy atom. The summed E-state index contributed by atoms with van der Waals surface area (Å²) < 4.78 is 40.0. The quantitative estimate of drug-likeness (QED) is 0.0569. The van der Waals surface area contributed by atoms with E-state index in [1.807, 2.05) is 0 Å². The van der Waals surface area contributed by atoms with Gasteiger partial charge in [0.1, 0.15) is 48.3 Å². The molecule has 53 heavy (non-hydrogen) atoms. The first-order chi connectivity index (χ1) is 25.1. The van der Waals surface area contributed by atoms with Gasteiger partial charge in [-0.15, -0.1) is 0 Å². The molecule has 294 valence electrons. The van der Waals surface area contributed by atoms with Crippen LogP contribution in [0, 0.1) is 0 Å². The molecule has 0 radical (unpaired) electrons. The first kappa shape index (κ1) is 40.5. The number of benzene rings is 2. The third-order valence-corrected chi connectivity index (χ3v) is 9.09. The second-order valence-corrected chi connectivity index (χ2v) is 13.0. The Labute approximate surface area is 302 Å². The number of aromatic hydroxyl groups is 4. The van der Waals surface area contributed by atoms with Gasteiger partial charge in [0.25, 0.3) is 0 Å². The van der Waals surface area contributed by atoms with Crippen LogP contribution in [0.3, 0.4) is 0 Å². The summed E-state index contributed by atoms with van der Waals surface area (Å²) in [5, 5.41) is 112. The first-order valence-electron chi connectivity index (χ1n) is 16.6. The van der Waals surface area contributed by atoms with E-state index in [-0.39, 0.29) is 30.1 Å². The average Bonchev–Trinajstić information content (AvgIpc) is 3.42. The predicted molar refractivity (Wildman–Crippen MR) is 174 cm³/mol. The molecule has 3 heterocycles. The van der Waals surface area contributed by atoms with Crippen LogP contribution in [-0.4, -0.2) is 168 Å². The van der Waals surface area contributed by atoms with Gasteiger partial charge in [-0.1, -0.05) is 12.1 Å². The Kier molecular flexibility index (Phi) is 13.2. The molecule has 19 nitrogen and oxygen atoms in total. The summed E-state index contributed by atoms with van der Waals surface area (Å²) in [6.45, 7) is -0.819. The molecule has 3 aliphatic heterocycles. The SMILES string of the molecule is C[C@@H]1O[C@@H](OC[C@H]2O[C@@H](OCCc3ccc(O)c(O)c3)[C@H](O)[C@@H](O[C@@H]3OC[C@](O)(CO)[C@H]3O)[C@@H]2OC(=O)C=Cc2ccc(O)c(O)c2)[C@H](O)[C@H](O)[C@H]1O. The average molecular weight is 757 g/mol. The zero-order valence-corrected chi connectivity index (χ0v) is 28.3. The fourth-order valence-corrected chi connectivity index (χ4v) is 5.87. The summed E-state index contributed by atoms with van der Waals surface area (Å²) in [5.74, 6) is -2.62. The molecule has 0 spiro atoms. The van der Waals surface area contributed by atoms with Crippen LogP contribution < -0.4 is 0 Å². The number of hydrogen-bond acceptors (Lipinski definition) is 19. The summed E-state index contributed by atoms with van der Waals surface area (Å²) in [4.78, 5) is 13.2. The fraction of sp³-hybridized carbons (Fsp3) is 0.559. The monoisotopic (exact) mass is 756 g/mol. The molecular formula is C34H44O19. The van der Waals surface area contributed by atoms with E-state index in [2.05, 4.69) is 0 Å². The standard InChI is InChI=1S/C34H44O19/c1-15-24(41)25(42)26(43)31(50-15)48-12-22-28(52-23(40)7-4-16-2-5-18(36)20(38)10-16)29(53-33-30(45)34(46,13-35)14-49-33)27(44)32(51-22)47-9-8-17-3-6-19(37)21(39)11-17/h2-7,10-11,15,22,24-33,35-39,41-46H,8-9,12-14H2,1H3/t15-,22+,24-,25+,26+,27+,28+,29+,30-,31+,32+,33-,34+/m0/s1. The van der Waals surface area contributed by atoms with Gasteiger partial charge in [0.15, 0.2) is 48.0 Å². The maximum absolute atomic E-state index is 13.2. The van der Waals surface area contributed by atoms with Crippen LogP contribution in [0.4, 0.5) is 0 Å². The van der Waals surface area contributed by atoms with Crippen LogP contribution in [0.1, 0.15) is 18.1 Å². The molecule has 0 unspecified atom stereocenters. The summed E-state index contributed by atoms with van der Waals surface area (Å²) in [6, 6.07) is 7.82. The molecule has 2 aromatic carbocycles. The Bertz CT molecular complexity index is 1570. The Hall–Kier alpha value is -3.67. The third-order valence-electron chi connectivity index (χ3n) is 9.09. The highest BCUT2D eigenvalue weighted by Gasteiger charge is 2.55. The summed E-state index contributed by atoms with van der Waals surface area (Å²) >= 11 is 0. The molecular weight excluding hydrogens is 712 g/mol. The zero-order valence-electron chi connectivity index (χ0n) is 28.3. The van der Waals surface area contributed by atoms with Crippen molar-refractivity contribution < 1.29 is 94.1 Å². The van der Waals surface area contributed by atoms with Crippen molar-refractivity contribution in [2.45, 2.75) is 92.8 Å². The van der Waals surface area contributed by atoms with Crippen molar-refractivity contribution in [3.63, 3.8) is 0 Å². The van der Waals surface area contributed by atoms with Crippen molar-refractivity contribution in [1.82, 2.24) is 0 Å². The lowest BCUT2D eigenvalue weighted by atomic mass is 9.97. The number of carbonyl (C=O) groups excluding carboxylic acids is 1. The first-order valence-corrected chi connectivity index (χ1v) is 16.6.